The van der Waals surface area contributed by atoms with Crippen LogP contribution in [-0.4, -0.2) is 19.5 Å². The largest absolute Gasteiger partial charge is 0.456 e. The predicted molar refractivity (Wildman–Crippen MR) is 262 cm³/mol. The zero-order valence-corrected chi connectivity index (χ0v) is 34.2. The van der Waals surface area contributed by atoms with Crippen molar-refractivity contribution in [3.63, 3.8) is 0 Å². The molecule has 0 aliphatic rings. The quantitative estimate of drug-likeness (QED) is 0.168. The number of furan rings is 1. The third-order valence-corrected chi connectivity index (χ3v) is 13.2. The molecule has 0 bridgehead atoms. The topological polar surface area (TPSA) is 56.7 Å². The molecule has 294 valence electrons. The van der Waals surface area contributed by atoms with Crippen LogP contribution in [-0.2, 0) is 0 Å². The summed E-state index contributed by atoms with van der Waals surface area (Å²) in [4.78, 5) is 15.9. The Labute approximate surface area is 372 Å². The van der Waals surface area contributed by atoms with Crippen LogP contribution in [0.2, 0.25) is 0 Å². The second-order valence-electron chi connectivity index (χ2n) is 15.6. The predicted octanol–water partition coefficient (Wildman–Crippen LogP) is 15.6. The third-order valence-electron chi connectivity index (χ3n) is 12.0. The summed E-state index contributed by atoms with van der Waals surface area (Å²) in [5, 5.41) is 6.03. The molecule has 0 saturated heterocycles. The first-order valence-electron chi connectivity index (χ1n) is 23.2. The van der Waals surface area contributed by atoms with Gasteiger partial charge in [0.1, 0.15) is 11.2 Å². The maximum atomic E-state index is 8.78. The Hall–Kier alpha value is -8.19. The summed E-state index contributed by atoms with van der Waals surface area (Å²) in [6.07, 6.45) is 0. The molecule has 0 aliphatic carbocycles. The maximum absolute atomic E-state index is 8.78. The molecule has 0 aliphatic heterocycles. The monoisotopic (exact) mass is 827 g/mol. The van der Waals surface area contributed by atoms with Gasteiger partial charge in [-0.25, -0.2) is 4.98 Å². The van der Waals surface area contributed by atoms with Gasteiger partial charge in [0.05, 0.1) is 17.9 Å². The molecule has 0 N–H and O–H groups in total. The summed E-state index contributed by atoms with van der Waals surface area (Å²) >= 11 is 1.80. The molecule has 0 spiro atoms. The molecule has 0 radical (unpaired) electrons. The van der Waals surface area contributed by atoms with E-state index in [1.165, 1.54) is 20.2 Å². The molecule has 13 rings (SSSR count). The van der Waals surface area contributed by atoms with Crippen LogP contribution in [0.15, 0.2) is 211 Å². The van der Waals surface area contributed by atoms with Crippen LogP contribution in [0.25, 0.3) is 126 Å². The van der Waals surface area contributed by atoms with E-state index in [9.17, 15) is 0 Å². The van der Waals surface area contributed by atoms with E-state index in [1.54, 1.807) is 23.5 Å². The summed E-state index contributed by atoms with van der Waals surface area (Å²) in [5.74, 6) is 1.38. The minimum Gasteiger partial charge on any atom is -0.456 e. The number of rotatable bonds is 6. The lowest BCUT2D eigenvalue weighted by molar-refractivity contribution is 0.669. The van der Waals surface area contributed by atoms with Gasteiger partial charge in [0.15, 0.2) is 11.6 Å². The SMILES string of the molecule is [2H]c1c([2H])c([2H])c(-c2cccc3oc4cc(-c5nc(-c6cccc(-c7ccccc7)c6)nc(-n6c7cccc(-c8ccccc8)c7c7c8sc9ccccc9c8ccc76)n5)ccc4c23)c([2H])c1[2H]. The fraction of sp³-hybridized carbons (Fsp3) is 0. The van der Waals surface area contributed by atoms with Gasteiger partial charge in [0.2, 0.25) is 5.95 Å². The lowest BCUT2D eigenvalue weighted by Crippen LogP contribution is -2.06. The molecule has 13 aromatic rings. The van der Waals surface area contributed by atoms with E-state index in [0.717, 1.165) is 55.0 Å². The molecule has 4 aromatic heterocycles. The summed E-state index contributed by atoms with van der Waals surface area (Å²) in [5.41, 5.74) is 9.41. The second kappa shape index (κ2) is 14.2. The van der Waals surface area contributed by atoms with Gasteiger partial charge in [-0.3, -0.25) is 4.57 Å². The van der Waals surface area contributed by atoms with Gasteiger partial charge in [-0.05, 0) is 75.8 Å². The number of benzene rings is 9. The normalized spacial score (nSPS) is 12.9. The molecule has 4 heterocycles. The minimum atomic E-state index is -0.439. The Bertz CT molecular complexity index is 4190. The first-order valence-corrected chi connectivity index (χ1v) is 21.5. The standard InChI is InChI=1S/C57H34N4OS/c1-4-15-35(16-5-1)38-21-12-22-39(33-38)55-58-56(40-29-30-45-49(34-40)62-48-27-14-25-41(51(45)48)36-17-6-2-7-18-36)60-57(59-55)61-46-26-13-24-42(37-19-8-3-9-20-37)52(46)53-47(61)32-31-44-43-23-10-11-28-50(43)63-54(44)53/h1-34H/i2D,6D,7D,17D,18D. The highest BCUT2D eigenvalue weighted by atomic mass is 32.1. The summed E-state index contributed by atoms with van der Waals surface area (Å²) in [6, 6.07) is 57.8. The Kier molecular flexibility index (Phi) is 6.94. The van der Waals surface area contributed by atoms with E-state index >= 15 is 0 Å². The van der Waals surface area contributed by atoms with Crippen molar-refractivity contribution in [1.29, 1.82) is 0 Å². The van der Waals surface area contributed by atoms with Crippen molar-refractivity contribution in [3.05, 3.63) is 206 Å². The summed E-state index contributed by atoms with van der Waals surface area (Å²) < 4.78 is 53.7. The molecule has 5 nitrogen and oxygen atoms in total. The fourth-order valence-electron chi connectivity index (χ4n) is 9.15. The maximum Gasteiger partial charge on any atom is 0.238 e. The molecule has 0 atom stereocenters. The van der Waals surface area contributed by atoms with E-state index in [4.69, 9.17) is 26.2 Å². The van der Waals surface area contributed by atoms with E-state index in [1.807, 2.05) is 60.7 Å². The number of hydrogen-bond acceptors (Lipinski definition) is 5. The molecule has 63 heavy (non-hydrogen) atoms. The van der Waals surface area contributed by atoms with Crippen LogP contribution < -0.4 is 0 Å². The van der Waals surface area contributed by atoms with Crippen LogP contribution in [0.4, 0.5) is 0 Å². The van der Waals surface area contributed by atoms with Crippen LogP contribution in [0.1, 0.15) is 6.85 Å². The molecule has 9 aromatic carbocycles. The minimum absolute atomic E-state index is 0.118. The Morgan fingerprint density at radius 2 is 1.08 bits per heavy atom. The average Bonchev–Trinajstić information content (AvgIpc) is 4.07. The lowest BCUT2D eigenvalue weighted by atomic mass is 9.99. The van der Waals surface area contributed by atoms with Crippen LogP contribution in [0.5, 0.6) is 0 Å². The molecule has 0 amide bonds. The first-order chi connectivity index (χ1) is 33.3. The van der Waals surface area contributed by atoms with Crippen LogP contribution in [0.3, 0.4) is 0 Å². The number of hydrogen-bond donors (Lipinski definition) is 0. The molecular weight excluding hydrogens is 789 g/mol. The molecule has 0 fully saturated rings. The number of aromatic nitrogens is 4. The molecule has 0 saturated carbocycles. The van der Waals surface area contributed by atoms with Gasteiger partial charge in [-0.15, -0.1) is 11.3 Å². The molecule has 0 unspecified atom stereocenters. The van der Waals surface area contributed by atoms with Gasteiger partial charge in [0, 0.05) is 52.8 Å². The van der Waals surface area contributed by atoms with Gasteiger partial charge in [0.25, 0.3) is 0 Å². The number of thiophene rings is 1. The van der Waals surface area contributed by atoms with Crippen molar-refractivity contribution in [2.45, 2.75) is 0 Å². The van der Waals surface area contributed by atoms with Crippen molar-refractivity contribution in [2.24, 2.45) is 0 Å². The fourth-order valence-corrected chi connectivity index (χ4v) is 10.4. The number of fused-ring (bicyclic) bond motifs is 10. The van der Waals surface area contributed by atoms with Gasteiger partial charge >= 0.3 is 0 Å². The smallest absolute Gasteiger partial charge is 0.238 e. The average molecular weight is 828 g/mol. The third kappa shape index (κ3) is 5.73. The van der Waals surface area contributed by atoms with Crippen LogP contribution in [0, 0.1) is 0 Å². The summed E-state index contributed by atoms with van der Waals surface area (Å²) in [6.45, 7) is 0. The van der Waals surface area contributed by atoms with Crippen LogP contribution >= 0.6 is 11.3 Å². The van der Waals surface area contributed by atoms with Gasteiger partial charge in [-0.2, -0.15) is 9.97 Å². The zero-order valence-electron chi connectivity index (χ0n) is 38.3. The molecule has 6 heteroatoms. The lowest BCUT2D eigenvalue weighted by Gasteiger charge is -2.12. The van der Waals surface area contributed by atoms with E-state index in [2.05, 4.69) is 108 Å². The number of nitrogens with zero attached hydrogens (tertiary/aromatic N) is 4. The highest BCUT2D eigenvalue weighted by Gasteiger charge is 2.24. The van der Waals surface area contributed by atoms with Crippen molar-refractivity contribution >= 4 is 75.3 Å². The van der Waals surface area contributed by atoms with Crippen molar-refractivity contribution < 1.29 is 11.3 Å². The van der Waals surface area contributed by atoms with Crippen molar-refractivity contribution in [2.75, 3.05) is 0 Å². The summed E-state index contributed by atoms with van der Waals surface area (Å²) in [7, 11) is 0. The highest BCUT2D eigenvalue weighted by Crippen LogP contribution is 2.46. The first kappa shape index (κ1) is 30.8. The zero-order chi connectivity index (χ0) is 45.8. The Morgan fingerprint density at radius 3 is 1.90 bits per heavy atom. The second-order valence-corrected chi connectivity index (χ2v) is 16.6. The van der Waals surface area contributed by atoms with Gasteiger partial charge in [-0.1, -0.05) is 164 Å². The Balaban J connectivity index is 1.08. The molecular formula is C57H34N4OS. The van der Waals surface area contributed by atoms with Crippen molar-refractivity contribution in [3.8, 4) is 62.1 Å². The van der Waals surface area contributed by atoms with E-state index in [-0.39, 0.29) is 17.6 Å². The van der Waals surface area contributed by atoms with Crippen molar-refractivity contribution in [1.82, 2.24) is 19.5 Å². The highest BCUT2D eigenvalue weighted by molar-refractivity contribution is 7.26. The van der Waals surface area contributed by atoms with E-state index < -0.39 is 18.1 Å². The Morgan fingerprint density at radius 1 is 0.429 bits per heavy atom. The van der Waals surface area contributed by atoms with Gasteiger partial charge < -0.3 is 4.42 Å². The van der Waals surface area contributed by atoms with E-state index in [0.29, 0.717) is 45.3 Å².